The molecule has 0 radical (unpaired) electrons. The highest BCUT2D eigenvalue weighted by Crippen LogP contribution is 2.35. The number of nitro groups is 1. The summed E-state index contributed by atoms with van der Waals surface area (Å²) in [7, 11) is 0. The van der Waals surface area contributed by atoms with Gasteiger partial charge in [-0.1, -0.05) is 12.1 Å². The predicted octanol–water partition coefficient (Wildman–Crippen LogP) is 3.95. The molecule has 0 unspecified atom stereocenters. The van der Waals surface area contributed by atoms with Gasteiger partial charge in [-0.25, -0.2) is 4.39 Å². The van der Waals surface area contributed by atoms with Gasteiger partial charge in [-0.2, -0.15) is 5.26 Å². The Kier molecular flexibility index (Phi) is 4.50. The molecule has 0 saturated carbocycles. The maximum Gasteiger partial charge on any atom is 0.312 e. The fourth-order valence-corrected chi connectivity index (χ4v) is 2.14. The van der Waals surface area contributed by atoms with Crippen LogP contribution in [0.2, 0.25) is 0 Å². The molecule has 0 aliphatic rings. The van der Waals surface area contributed by atoms with Gasteiger partial charge >= 0.3 is 5.69 Å². The lowest BCUT2D eigenvalue weighted by Crippen LogP contribution is -2.02. The van der Waals surface area contributed by atoms with Crippen molar-refractivity contribution in [2.24, 2.45) is 0 Å². The molecule has 0 aliphatic carbocycles. The number of benzene rings is 2. The quantitative estimate of drug-likeness (QED) is 0.617. The Labute approximate surface area is 127 Å². The summed E-state index contributed by atoms with van der Waals surface area (Å²) >= 11 is 3.16. The number of para-hydroxylation sites is 1. The second-order valence-electron chi connectivity index (χ2n) is 4.05. The third-order valence-corrected chi connectivity index (χ3v) is 3.32. The molecular weight excluding hydrogens is 343 g/mol. The molecule has 0 bridgehead atoms. The first-order valence-electron chi connectivity index (χ1n) is 5.77. The second kappa shape index (κ2) is 6.33. The van der Waals surface area contributed by atoms with Crippen molar-refractivity contribution in [3.8, 4) is 11.8 Å². The van der Waals surface area contributed by atoms with E-state index in [-0.39, 0.29) is 29.2 Å². The second-order valence-corrected chi connectivity index (χ2v) is 4.91. The zero-order chi connectivity index (χ0) is 15.4. The molecule has 0 atom stereocenters. The highest BCUT2D eigenvalue weighted by atomic mass is 79.9. The van der Waals surface area contributed by atoms with E-state index in [1.165, 1.54) is 24.3 Å². The summed E-state index contributed by atoms with van der Waals surface area (Å²) in [5.41, 5.74) is 0.195. The van der Waals surface area contributed by atoms with Gasteiger partial charge in [0.15, 0.2) is 0 Å². The summed E-state index contributed by atoms with van der Waals surface area (Å²) in [6.07, 6.45) is 0. The van der Waals surface area contributed by atoms with E-state index < -0.39 is 10.7 Å². The standard InChI is InChI=1S/C14H8BrFN2O3/c15-11-2-1-3-13(18(19)20)14(11)21-8-10-5-4-9(7-17)6-12(10)16/h1-6H,8H2. The number of nitro benzene ring substituents is 1. The maximum atomic E-state index is 13.7. The SMILES string of the molecule is N#Cc1ccc(COc2c(Br)cccc2[N+](=O)[O-])c(F)c1. The summed E-state index contributed by atoms with van der Waals surface area (Å²) < 4.78 is 19.5. The third-order valence-electron chi connectivity index (χ3n) is 2.70. The Morgan fingerprint density at radius 2 is 2.14 bits per heavy atom. The molecule has 2 rings (SSSR count). The van der Waals surface area contributed by atoms with Crippen molar-refractivity contribution in [2.45, 2.75) is 6.61 Å². The van der Waals surface area contributed by atoms with Gasteiger partial charge < -0.3 is 4.74 Å². The molecule has 2 aromatic rings. The fraction of sp³-hybridized carbons (Fsp3) is 0.0714. The van der Waals surface area contributed by atoms with Crippen LogP contribution in [0.5, 0.6) is 5.75 Å². The van der Waals surface area contributed by atoms with Gasteiger partial charge in [0.1, 0.15) is 12.4 Å². The lowest BCUT2D eigenvalue weighted by Gasteiger charge is -2.09. The predicted molar refractivity (Wildman–Crippen MR) is 76.2 cm³/mol. The van der Waals surface area contributed by atoms with Crippen LogP contribution < -0.4 is 4.74 Å². The minimum Gasteiger partial charge on any atom is -0.481 e. The van der Waals surface area contributed by atoms with Crippen LogP contribution in [0.15, 0.2) is 40.9 Å². The van der Waals surface area contributed by atoms with E-state index >= 15 is 0 Å². The topological polar surface area (TPSA) is 76.2 Å². The van der Waals surface area contributed by atoms with Crippen LogP contribution in [0.25, 0.3) is 0 Å². The number of hydrogen-bond donors (Lipinski definition) is 0. The Balaban J connectivity index is 2.25. The molecule has 5 nitrogen and oxygen atoms in total. The van der Waals surface area contributed by atoms with Crippen LogP contribution in [0.4, 0.5) is 10.1 Å². The third kappa shape index (κ3) is 3.35. The van der Waals surface area contributed by atoms with Crippen molar-refractivity contribution in [3.05, 3.63) is 67.9 Å². The molecule has 0 aliphatic heterocycles. The number of rotatable bonds is 4. The first-order valence-corrected chi connectivity index (χ1v) is 6.56. The molecule has 0 saturated heterocycles. The molecule has 0 aromatic heterocycles. The first kappa shape index (κ1) is 14.9. The number of nitrogens with zero attached hydrogens (tertiary/aromatic N) is 2. The molecule has 0 heterocycles. The summed E-state index contributed by atoms with van der Waals surface area (Å²) in [5.74, 6) is -0.560. The van der Waals surface area contributed by atoms with Crippen molar-refractivity contribution in [1.82, 2.24) is 0 Å². The molecular formula is C14H8BrFN2O3. The Bertz CT molecular complexity index is 743. The van der Waals surface area contributed by atoms with Crippen LogP contribution in [-0.2, 0) is 6.61 Å². The Hall–Kier alpha value is -2.46. The normalized spacial score (nSPS) is 9.95. The van der Waals surface area contributed by atoms with Crippen LogP contribution in [0.1, 0.15) is 11.1 Å². The van der Waals surface area contributed by atoms with Gasteiger partial charge in [0.2, 0.25) is 5.75 Å². The van der Waals surface area contributed by atoms with E-state index in [1.807, 2.05) is 6.07 Å². The zero-order valence-electron chi connectivity index (χ0n) is 10.5. The van der Waals surface area contributed by atoms with Gasteiger partial charge in [-0.3, -0.25) is 10.1 Å². The van der Waals surface area contributed by atoms with Crippen molar-refractivity contribution in [3.63, 3.8) is 0 Å². The Morgan fingerprint density at radius 3 is 2.76 bits per heavy atom. The lowest BCUT2D eigenvalue weighted by molar-refractivity contribution is -0.386. The van der Waals surface area contributed by atoms with Gasteiger partial charge in [0, 0.05) is 11.6 Å². The van der Waals surface area contributed by atoms with E-state index in [0.717, 1.165) is 6.07 Å². The van der Waals surface area contributed by atoms with Crippen molar-refractivity contribution in [1.29, 1.82) is 5.26 Å². The van der Waals surface area contributed by atoms with E-state index in [4.69, 9.17) is 10.00 Å². The van der Waals surface area contributed by atoms with Crippen molar-refractivity contribution < 1.29 is 14.1 Å². The van der Waals surface area contributed by atoms with Crippen molar-refractivity contribution in [2.75, 3.05) is 0 Å². The van der Waals surface area contributed by atoms with Gasteiger partial charge in [-0.15, -0.1) is 0 Å². The zero-order valence-corrected chi connectivity index (χ0v) is 12.1. The molecule has 2 aromatic carbocycles. The summed E-state index contributed by atoms with van der Waals surface area (Å²) in [5, 5.41) is 19.6. The molecule has 0 fully saturated rings. The summed E-state index contributed by atoms with van der Waals surface area (Å²) in [6.45, 7) is -0.180. The minimum absolute atomic E-state index is 0.0336. The number of hydrogen-bond acceptors (Lipinski definition) is 4. The molecule has 0 amide bonds. The lowest BCUT2D eigenvalue weighted by atomic mass is 10.1. The Morgan fingerprint density at radius 1 is 1.38 bits per heavy atom. The average molecular weight is 351 g/mol. The monoisotopic (exact) mass is 350 g/mol. The number of nitriles is 1. The smallest absolute Gasteiger partial charge is 0.312 e. The van der Waals surface area contributed by atoms with Crippen molar-refractivity contribution >= 4 is 21.6 Å². The van der Waals surface area contributed by atoms with Crippen LogP contribution >= 0.6 is 15.9 Å². The molecule has 7 heteroatoms. The van der Waals surface area contributed by atoms with Gasteiger partial charge in [0.05, 0.1) is 21.0 Å². The maximum absolute atomic E-state index is 13.7. The average Bonchev–Trinajstić information content (AvgIpc) is 2.46. The van der Waals surface area contributed by atoms with Crippen LogP contribution in [0, 0.1) is 27.3 Å². The van der Waals surface area contributed by atoms with E-state index in [2.05, 4.69) is 15.9 Å². The molecule has 106 valence electrons. The minimum atomic E-state index is -0.594. The largest absolute Gasteiger partial charge is 0.481 e. The first-order chi connectivity index (χ1) is 10.0. The van der Waals surface area contributed by atoms with Gasteiger partial charge in [-0.05, 0) is 34.1 Å². The molecule has 0 spiro atoms. The van der Waals surface area contributed by atoms with E-state index in [1.54, 1.807) is 6.07 Å². The summed E-state index contributed by atoms with van der Waals surface area (Å²) in [6, 6.07) is 10.2. The van der Waals surface area contributed by atoms with Crippen LogP contribution in [-0.4, -0.2) is 4.92 Å². The highest BCUT2D eigenvalue weighted by molar-refractivity contribution is 9.10. The van der Waals surface area contributed by atoms with Crippen LogP contribution in [0.3, 0.4) is 0 Å². The number of halogens is 2. The molecule has 21 heavy (non-hydrogen) atoms. The highest BCUT2D eigenvalue weighted by Gasteiger charge is 2.18. The van der Waals surface area contributed by atoms with E-state index in [0.29, 0.717) is 4.47 Å². The fourth-order valence-electron chi connectivity index (χ4n) is 1.67. The summed E-state index contributed by atoms with van der Waals surface area (Å²) in [4.78, 5) is 10.4. The van der Waals surface area contributed by atoms with E-state index in [9.17, 15) is 14.5 Å². The molecule has 0 N–H and O–H groups in total. The number of ether oxygens (including phenoxy) is 1. The van der Waals surface area contributed by atoms with Gasteiger partial charge in [0.25, 0.3) is 0 Å².